The van der Waals surface area contributed by atoms with Crippen LogP contribution in [0.2, 0.25) is 5.02 Å². The summed E-state index contributed by atoms with van der Waals surface area (Å²) in [6.45, 7) is 7.92. The normalized spacial score (nSPS) is 14.1. The van der Waals surface area contributed by atoms with Crippen molar-refractivity contribution in [1.82, 2.24) is 9.97 Å². The molecule has 13 heteroatoms. The van der Waals surface area contributed by atoms with Crippen molar-refractivity contribution < 1.29 is 18.7 Å². The van der Waals surface area contributed by atoms with Crippen LogP contribution in [-0.2, 0) is 9.47 Å². The Balaban J connectivity index is 1.72. The Kier molecular flexibility index (Phi) is 8.22. The van der Waals surface area contributed by atoms with Gasteiger partial charge in [-0.2, -0.15) is 10.2 Å². The van der Waals surface area contributed by atoms with E-state index in [1.807, 2.05) is 6.07 Å². The summed E-state index contributed by atoms with van der Waals surface area (Å²) >= 11 is 7.94. The van der Waals surface area contributed by atoms with Gasteiger partial charge in [-0.15, -0.1) is 20.6 Å². The third kappa shape index (κ3) is 5.75. The third-order valence-corrected chi connectivity index (χ3v) is 8.47. The summed E-state index contributed by atoms with van der Waals surface area (Å²) < 4.78 is 26.4. The minimum absolute atomic E-state index is 0.120. The van der Waals surface area contributed by atoms with E-state index in [0.717, 1.165) is 35.5 Å². The highest BCUT2D eigenvalue weighted by molar-refractivity contribution is 7.29. The molecule has 1 fully saturated rings. The van der Waals surface area contributed by atoms with Crippen LogP contribution in [0, 0.1) is 17.1 Å². The first kappa shape index (κ1) is 29.2. The number of nitriles is 1. The zero-order valence-electron chi connectivity index (χ0n) is 23.0. The van der Waals surface area contributed by atoms with Gasteiger partial charge in [-0.1, -0.05) is 17.7 Å². The van der Waals surface area contributed by atoms with E-state index < -0.39 is 17.5 Å². The van der Waals surface area contributed by atoms with E-state index in [-0.39, 0.29) is 15.3 Å². The SMILES string of the molecule is CNc1nc(N2CCCOCC2)c2cc(Cl)c(-c3ccc(F)c4sc(NC(=O)OC(C)(C)C)c(C#N)c34)c(P)c2n1. The molecule has 0 bridgehead atoms. The van der Waals surface area contributed by atoms with E-state index in [4.69, 9.17) is 31.0 Å². The zero-order chi connectivity index (χ0) is 29.5. The molecule has 9 nitrogen and oxygen atoms in total. The molecule has 0 saturated carbocycles. The van der Waals surface area contributed by atoms with Crippen molar-refractivity contribution in [3.8, 4) is 17.2 Å². The van der Waals surface area contributed by atoms with Gasteiger partial charge in [-0.3, -0.25) is 5.32 Å². The quantitative estimate of drug-likeness (QED) is 0.258. The van der Waals surface area contributed by atoms with Crippen molar-refractivity contribution >= 4 is 81.3 Å². The van der Waals surface area contributed by atoms with E-state index in [1.165, 1.54) is 6.07 Å². The Bertz CT molecular complexity index is 1710. The van der Waals surface area contributed by atoms with E-state index >= 15 is 4.39 Å². The molecule has 41 heavy (non-hydrogen) atoms. The number of carbonyl (C=O) groups is 1. The van der Waals surface area contributed by atoms with Crippen LogP contribution >= 0.6 is 32.2 Å². The smallest absolute Gasteiger partial charge is 0.412 e. The first-order valence-corrected chi connectivity index (χ1v) is 14.7. The predicted molar refractivity (Wildman–Crippen MR) is 166 cm³/mol. The summed E-state index contributed by atoms with van der Waals surface area (Å²) in [5.41, 5.74) is 1.14. The molecule has 1 saturated heterocycles. The molecule has 1 aliphatic rings. The second-order valence-corrected chi connectivity index (χ2v) is 12.5. The molecule has 3 heterocycles. The molecule has 0 spiro atoms. The molecule has 2 N–H and O–H groups in total. The molecule has 2 aromatic carbocycles. The van der Waals surface area contributed by atoms with E-state index in [2.05, 4.69) is 30.8 Å². The predicted octanol–water partition coefficient (Wildman–Crippen LogP) is 6.29. The van der Waals surface area contributed by atoms with E-state index in [9.17, 15) is 10.1 Å². The van der Waals surface area contributed by atoms with Gasteiger partial charge in [0.1, 0.15) is 28.3 Å². The molecule has 214 valence electrons. The van der Waals surface area contributed by atoms with Crippen LogP contribution in [0.4, 0.5) is 26.0 Å². The average Bonchev–Trinajstić information content (AvgIpc) is 3.07. The summed E-state index contributed by atoms with van der Waals surface area (Å²) in [7, 11) is 4.47. The minimum atomic E-state index is -0.746. The summed E-state index contributed by atoms with van der Waals surface area (Å²) in [4.78, 5) is 24.2. The number of thiophene rings is 1. The number of rotatable bonds is 4. The molecule has 4 aromatic rings. The fourth-order valence-corrected chi connectivity index (χ4v) is 6.80. The molecular formula is C28H29ClFN6O3PS. The lowest BCUT2D eigenvalue weighted by Crippen LogP contribution is -2.27. The van der Waals surface area contributed by atoms with Gasteiger partial charge in [0.2, 0.25) is 5.95 Å². The first-order valence-electron chi connectivity index (χ1n) is 13.0. The van der Waals surface area contributed by atoms with Crippen LogP contribution in [0.3, 0.4) is 0 Å². The first-order chi connectivity index (χ1) is 19.5. The monoisotopic (exact) mass is 614 g/mol. The van der Waals surface area contributed by atoms with Crippen LogP contribution in [0.1, 0.15) is 32.8 Å². The zero-order valence-corrected chi connectivity index (χ0v) is 25.7. The number of hydrogen-bond donors (Lipinski definition) is 2. The molecule has 5 rings (SSSR count). The van der Waals surface area contributed by atoms with Crippen molar-refractivity contribution in [3.63, 3.8) is 0 Å². The van der Waals surface area contributed by atoms with Crippen LogP contribution in [0.15, 0.2) is 18.2 Å². The Labute approximate surface area is 248 Å². The summed E-state index contributed by atoms with van der Waals surface area (Å²) in [6.07, 6.45) is 0.128. The van der Waals surface area contributed by atoms with E-state index in [1.54, 1.807) is 33.9 Å². The fraction of sp³-hybridized carbons (Fsp3) is 0.357. The Morgan fingerprint density at radius 3 is 2.78 bits per heavy atom. The van der Waals surface area contributed by atoms with Crippen molar-refractivity contribution in [2.75, 3.05) is 48.9 Å². The third-order valence-electron chi connectivity index (χ3n) is 6.49. The second-order valence-electron chi connectivity index (χ2n) is 10.5. The molecule has 2 aromatic heterocycles. The lowest BCUT2D eigenvalue weighted by Gasteiger charge is -2.24. The number of anilines is 3. The number of amides is 1. The van der Waals surface area contributed by atoms with Crippen LogP contribution in [0.25, 0.3) is 32.1 Å². The summed E-state index contributed by atoms with van der Waals surface area (Å²) in [5.74, 6) is 0.662. The molecular weight excluding hydrogens is 586 g/mol. The highest BCUT2D eigenvalue weighted by Gasteiger charge is 2.26. The number of halogens is 2. The number of benzene rings is 2. The molecule has 0 radical (unpaired) electrons. The molecule has 1 aliphatic heterocycles. The lowest BCUT2D eigenvalue weighted by atomic mass is 9.97. The lowest BCUT2D eigenvalue weighted by molar-refractivity contribution is 0.0636. The van der Waals surface area contributed by atoms with Crippen LogP contribution < -0.4 is 20.8 Å². The Morgan fingerprint density at radius 1 is 1.29 bits per heavy atom. The number of ether oxygens (including phenoxy) is 2. The van der Waals surface area contributed by atoms with Gasteiger partial charge in [0.05, 0.1) is 22.4 Å². The number of fused-ring (bicyclic) bond motifs is 2. The molecule has 0 aliphatic carbocycles. The highest BCUT2D eigenvalue weighted by Crippen LogP contribution is 2.45. The topological polar surface area (TPSA) is 112 Å². The highest BCUT2D eigenvalue weighted by atomic mass is 35.5. The molecule has 1 amide bonds. The van der Waals surface area contributed by atoms with Gasteiger partial charge in [0.15, 0.2) is 0 Å². The van der Waals surface area contributed by atoms with Crippen molar-refractivity contribution in [2.45, 2.75) is 32.8 Å². The molecule has 1 atom stereocenters. The average molecular weight is 615 g/mol. The van der Waals surface area contributed by atoms with Gasteiger partial charge in [-0.05, 0) is 44.9 Å². The standard InChI is InChI=1S/C28H29ClFN6O3PS/c1-28(2,3)39-27(37)35-25-16(13-31)19-14(6-7-18(30)23(19)41-25)20-17(29)12-15-21(22(20)40)33-26(32-4)34-24(15)36-8-5-10-38-11-9-36/h6-7,12H,5,8-11,40H2,1-4H3,(H,35,37)(H,32,33,34). The summed E-state index contributed by atoms with van der Waals surface area (Å²) in [5, 5.41) is 18.2. The minimum Gasteiger partial charge on any atom is -0.444 e. The van der Waals surface area contributed by atoms with Gasteiger partial charge in [0.25, 0.3) is 0 Å². The second kappa shape index (κ2) is 11.5. The number of carbonyl (C=O) groups excluding carboxylic acids is 1. The van der Waals surface area contributed by atoms with E-state index in [0.29, 0.717) is 58.1 Å². The Hall–Kier alpha value is -3.29. The summed E-state index contributed by atoms with van der Waals surface area (Å²) in [6, 6.07) is 6.89. The van der Waals surface area contributed by atoms with Gasteiger partial charge in [0, 0.05) is 53.4 Å². The number of hydrogen-bond acceptors (Lipinski definition) is 9. The van der Waals surface area contributed by atoms with Gasteiger partial charge >= 0.3 is 6.09 Å². The Morgan fingerprint density at radius 2 is 2.07 bits per heavy atom. The fourth-order valence-electron chi connectivity index (χ4n) is 4.80. The van der Waals surface area contributed by atoms with Gasteiger partial charge < -0.3 is 19.7 Å². The van der Waals surface area contributed by atoms with Crippen molar-refractivity contribution in [3.05, 3.63) is 34.6 Å². The maximum Gasteiger partial charge on any atom is 0.412 e. The van der Waals surface area contributed by atoms with Crippen LogP contribution in [-0.4, -0.2) is 55.0 Å². The largest absolute Gasteiger partial charge is 0.444 e. The number of nitrogens with one attached hydrogen (secondary N) is 2. The maximum absolute atomic E-state index is 15.1. The number of aromatic nitrogens is 2. The van der Waals surface area contributed by atoms with Crippen LogP contribution in [0.5, 0.6) is 0 Å². The van der Waals surface area contributed by atoms with Crippen molar-refractivity contribution in [1.29, 1.82) is 5.26 Å². The van der Waals surface area contributed by atoms with Crippen molar-refractivity contribution in [2.24, 2.45) is 0 Å². The molecule has 1 unspecified atom stereocenters. The number of nitrogens with zero attached hydrogens (tertiary/aromatic N) is 4. The van der Waals surface area contributed by atoms with Gasteiger partial charge in [-0.25, -0.2) is 14.2 Å². The maximum atomic E-state index is 15.1.